The lowest BCUT2D eigenvalue weighted by atomic mass is 10.4. The molecule has 0 N–H and O–H groups in total. The molecule has 0 spiro atoms. The van der Waals surface area contributed by atoms with Crippen LogP contribution in [0.25, 0.3) is 0 Å². The third-order valence-electron chi connectivity index (χ3n) is 1.15. The highest BCUT2D eigenvalue weighted by Gasteiger charge is 2.09. The third-order valence-corrected chi connectivity index (χ3v) is 1.51. The number of methoxy groups -OCH3 is 1. The second-order valence-corrected chi connectivity index (χ2v) is 2.61. The zero-order valence-electron chi connectivity index (χ0n) is 6.06. The van der Waals surface area contributed by atoms with Gasteiger partial charge in [-0.2, -0.15) is 9.37 Å². The number of nitrogens with zero attached hydrogens (tertiary/aromatic N) is 2. The van der Waals surface area contributed by atoms with Crippen molar-refractivity contribution in [1.29, 1.82) is 0 Å². The van der Waals surface area contributed by atoms with Crippen LogP contribution in [0.2, 0.25) is 0 Å². The van der Waals surface area contributed by atoms with Crippen LogP contribution >= 0.6 is 15.9 Å². The number of hydrogen-bond acceptors (Lipinski definition) is 3. The van der Waals surface area contributed by atoms with Crippen LogP contribution in [0, 0.1) is 12.7 Å². The van der Waals surface area contributed by atoms with Crippen molar-refractivity contribution in [2.45, 2.75) is 6.92 Å². The van der Waals surface area contributed by atoms with E-state index in [1.807, 2.05) is 0 Å². The molecule has 1 rings (SSSR count). The van der Waals surface area contributed by atoms with E-state index in [9.17, 15) is 4.39 Å². The Labute approximate surface area is 71.7 Å². The number of hydrogen-bond donors (Lipinski definition) is 0. The van der Waals surface area contributed by atoms with Gasteiger partial charge in [0.2, 0.25) is 5.82 Å². The first-order valence-electron chi connectivity index (χ1n) is 2.88. The molecule has 0 amide bonds. The Morgan fingerprint density at radius 2 is 2.09 bits per heavy atom. The monoisotopic (exact) mass is 220 g/mol. The van der Waals surface area contributed by atoms with Crippen molar-refractivity contribution < 1.29 is 9.13 Å². The maximum absolute atomic E-state index is 12.9. The average Bonchev–Trinajstić information content (AvgIpc) is 1.96. The van der Waals surface area contributed by atoms with Gasteiger partial charge in [-0.1, -0.05) is 0 Å². The molecule has 11 heavy (non-hydrogen) atoms. The van der Waals surface area contributed by atoms with Gasteiger partial charge in [0.1, 0.15) is 0 Å². The van der Waals surface area contributed by atoms with E-state index < -0.39 is 5.82 Å². The summed E-state index contributed by atoms with van der Waals surface area (Å²) in [5.74, 6) is -0.555. The molecule has 0 fully saturated rings. The lowest BCUT2D eigenvalue weighted by Crippen LogP contribution is -1.98. The Balaban J connectivity index is 3.24. The van der Waals surface area contributed by atoms with Crippen molar-refractivity contribution in [3.05, 3.63) is 16.2 Å². The van der Waals surface area contributed by atoms with Crippen molar-refractivity contribution in [1.82, 2.24) is 9.97 Å². The molecule has 0 aliphatic heterocycles. The van der Waals surface area contributed by atoms with Crippen LogP contribution in [0.1, 0.15) is 5.69 Å². The van der Waals surface area contributed by atoms with Gasteiger partial charge >= 0.3 is 0 Å². The number of halogens is 2. The lowest BCUT2D eigenvalue weighted by molar-refractivity contribution is 0.363. The van der Waals surface area contributed by atoms with Gasteiger partial charge in [0, 0.05) is 0 Å². The van der Waals surface area contributed by atoms with Crippen LogP contribution < -0.4 is 4.74 Å². The van der Waals surface area contributed by atoms with E-state index in [4.69, 9.17) is 0 Å². The number of rotatable bonds is 1. The smallest absolute Gasteiger partial charge is 0.254 e. The normalized spacial score (nSPS) is 9.82. The topological polar surface area (TPSA) is 35.0 Å². The highest BCUT2D eigenvalue weighted by molar-refractivity contribution is 9.10. The fourth-order valence-corrected chi connectivity index (χ4v) is 1.06. The van der Waals surface area contributed by atoms with Crippen LogP contribution in [-0.2, 0) is 0 Å². The summed E-state index contributed by atoms with van der Waals surface area (Å²) >= 11 is 3.02. The summed E-state index contributed by atoms with van der Waals surface area (Å²) in [4.78, 5) is 7.39. The summed E-state index contributed by atoms with van der Waals surface area (Å²) in [5.41, 5.74) is 0.267. The maximum atomic E-state index is 12.9. The SMILES string of the molecule is COc1nc(Br)nc(C)c1F. The van der Waals surface area contributed by atoms with E-state index in [2.05, 4.69) is 30.6 Å². The van der Waals surface area contributed by atoms with Gasteiger partial charge in [0.15, 0.2) is 4.73 Å². The molecule has 0 saturated carbocycles. The molecule has 0 unspecified atom stereocenters. The molecule has 0 atom stereocenters. The van der Waals surface area contributed by atoms with Gasteiger partial charge in [0.25, 0.3) is 5.88 Å². The molecule has 60 valence electrons. The first-order valence-corrected chi connectivity index (χ1v) is 3.68. The lowest BCUT2D eigenvalue weighted by Gasteiger charge is -2.01. The van der Waals surface area contributed by atoms with Gasteiger partial charge in [-0.3, -0.25) is 0 Å². The van der Waals surface area contributed by atoms with Crippen molar-refractivity contribution in [3.63, 3.8) is 0 Å². The molecule has 3 nitrogen and oxygen atoms in total. The molecule has 1 aromatic heterocycles. The minimum atomic E-state index is -0.518. The zero-order chi connectivity index (χ0) is 8.43. The van der Waals surface area contributed by atoms with E-state index >= 15 is 0 Å². The fraction of sp³-hybridized carbons (Fsp3) is 0.333. The summed E-state index contributed by atoms with van der Waals surface area (Å²) in [6.45, 7) is 1.55. The second kappa shape index (κ2) is 3.13. The predicted octanol–water partition coefficient (Wildman–Crippen LogP) is 1.70. The molecule has 5 heteroatoms. The average molecular weight is 221 g/mol. The number of aromatic nitrogens is 2. The molecule has 1 aromatic rings. The first kappa shape index (κ1) is 8.39. The number of aryl methyl sites for hydroxylation is 1. The van der Waals surface area contributed by atoms with Crippen LogP contribution in [-0.4, -0.2) is 17.1 Å². The van der Waals surface area contributed by atoms with E-state index in [1.54, 1.807) is 6.92 Å². The molecule has 0 aliphatic rings. The Hall–Kier alpha value is -0.710. The highest BCUT2D eigenvalue weighted by atomic mass is 79.9. The van der Waals surface area contributed by atoms with Crippen molar-refractivity contribution in [2.75, 3.05) is 7.11 Å². The van der Waals surface area contributed by atoms with Gasteiger partial charge in [-0.05, 0) is 22.9 Å². The summed E-state index contributed by atoms with van der Waals surface area (Å²) in [6.07, 6.45) is 0. The van der Waals surface area contributed by atoms with Crippen molar-refractivity contribution in [3.8, 4) is 5.88 Å². The minimum Gasteiger partial charge on any atom is -0.479 e. The molecule has 0 bridgehead atoms. The van der Waals surface area contributed by atoms with Crippen molar-refractivity contribution >= 4 is 15.9 Å². The summed E-state index contributed by atoms with van der Waals surface area (Å²) in [5, 5.41) is 0. The Kier molecular flexibility index (Phi) is 2.38. The second-order valence-electron chi connectivity index (χ2n) is 1.90. The Bertz CT molecular complexity index is 280. The van der Waals surface area contributed by atoms with Crippen LogP contribution in [0.5, 0.6) is 5.88 Å². The third kappa shape index (κ3) is 1.65. The number of ether oxygens (including phenoxy) is 1. The van der Waals surface area contributed by atoms with Gasteiger partial charge in [-0.25, -0.2) is 4.98 Å². The maximum Gasteiger partial charge on any atom is 0.254 e. The highest BCUT2D eigenvalue weighted by Crippen LogP contribution is 2.17. The minimum absolute atomic E-state index is 0.0376. The van der Waals surface area contributed by atoms with Gasteiger partial charge in [-0.15, -0.1) is 0 Å². The van der Waals surface area contributed by atoms with E-state index in [1.165, 1.54) is 7.11 Å². The standard InChI is InChI=1S/C6H6BrFN2O/c1-3-4(8)5(11-2)10-6(7)9-3/h1-2H3. The predicted molar refractivity (Wildman–Crippen MR) is 41.0 cm³/mol. The summed E-state index contributed by atoms with van der Waals surface area (Å²) < 4.78 is 17.9. The van der Waals surface area contributed by atoms with E-state index in [-0.39, 0.29) is 11.6 Å². The first-order chi connectivity index (χ1) is 5.15. The molecule has 0 radical (unpaired) electrons. The summed E-state index contributed by atoms with van der Waals surface area (Å²) in [7, 11) is 1.36. The molecule has 0 aromatic carbocycles. The Morgan fingerprint density at radius 3 is 2.64 bits per heavy atom. The van der Waals surface area contributed by atoms with Crippen LogP contribution in [0.15, 0.2) is 4.73 Å². The van der Waals surface area contributed by atoms with Crippen LogP contribution in [0.3, 0.4) is 0 Å². The van der Waals surface area contributed by atoms with Crippen LogP contribution in [0.4, 0.5) is 4.39 Å². The molecular formula is C6H6BrFN2O. The summed E-state index contributed by atoms with van der Waals surface area (Å²) in [6, 6.07) is 0. The quantitative estimate of drug-likeness (QED) is 0.677. The Morgan fingerprint density at radius 1 is 1.45 bits per heavy atom. The van der Waals surface area contributed by atoms with E-state index in [0.717, 1.165) is 0 Å². The van der Waals surface area contributed by atoms with Gasteiger partial charge < -0.3 is 4.74 Å². The van der Waals surface area contributed by atoms with Crippen molar-refractivity contribution in [2.24, 2.45) is 0 Å². The zero-order valence-corrected chi connectivity index (χ0v) is 7.64. The molecule has 0 aliphatic carbocycles. The molecular weight excluding hydrogens is 215 g/mol. The van der Waals surface area contributed by atoms with E-state index in [0.29, 0.717) is 4.73 Å². The van der Waals surface area contributed by atoms with Gasteiger partial charge in [0.05, 0.1) is 12.8 Å². The molecule has 0 saturated heterocycles. The molecule has 1 heterocycles. The largest absolute Gasteiger partial charge is 0.479 e. The fourth-order valence-electron chi connectivity index (χ4n) is 0.635.